The Labute approximate surface area is 133 Å². The van der Waals surface area contributed by atoms with Crippen molar-refractivity contribution in [3.8, 4) is 11.5 Å². The van der Waals surface area contributed by atoms with Crippen LogP contribution in [0.1, 0.15) is 19.8 Å². The standard InChI is InChI=1S/C13H20BrNO5S/c1-9(16)5-4-6-15-21(17,18)13-8-12(20-3)11(19-2)7-10(13)14/h7-9,15-16H,4-6H2,1-3H3. The molecule has 0 aliphatic carbocycles. The van der Waals surface area contributed by atoms with E-state index in [-0.39, 0.29) is 11.4 Å². The Bertz CT molecular complexity index is 574. The van der Waals surface area contributed by atoms with Gasteiger partial charge < -0.3 is 14.6 Å². The van der Waals surface area contributed by atoms with Crippen molar-refractivity contribution in [3.05, 3.63) is 16.6 Å². The van der Waals surface area contributed by atoms with Gasteiger partial charge in [0.1, 0.15) is 4.90 Å². The molecule has 1 rings (SSSR count). The number of ether oxygens (including phenoxy) is 2. The lowest BCUT2D eigenvalue weighted by Crippen LogP contribution is -2.25. The van der Waals surface area contributed by atoms with Gasteiger partial charge in [-0.3, -0.25) is 0 Å². The van der Waals surface area contributed by atoms with Crippen molar-refractivity contribution in [2.75, 3.05) is 20.8 Å². The van der Waals surface area contributed by atoms with Crippen molar-refractivity contribution < 1.29 is 23.0 Å². The normalized spacial score (nSPS) is 13.0. The van der Waals surface area contributed by atoms with Gasteiger partial charge in [0.2, 0.25) is 10.0 Å². The quantitative estimate of drug-likeness (QED) is 0.671. The third kappa shape index (κ3) is 5.14. The molecular weight excluding hydrogens is 362 g/mol. The van der Waals surface area contributed by atoms with Crippen LogP contribution in [0.25, 0.3) is 0 Å². The molecule has 0 saturated carbocycles. The molecule has 21 heavy (non-hydrogen) atoms. The van der Waals surface area contributed by atoms with Crippen molar-refractivity contribution in [1.82, 2.24) is 4.72 Å². The number of halogens is 1. The molecule has 2 N–H and O–H groups in total. The predicted molar refractivity (Wildman–Crippen MR) is 83.3 cm³/mol. The van der Waals surface area contributed by atoms with E-state index in [0.717, 1.165) is 0 Å². The molecular formula is C13H20BrNO5S. The lowest BCUT2D eigenvalue weighted by molar-refractivity contribution is 0.182. The second-order valence-corrected chi connectivity index (χ2v) is 7.12. The van der Waals surface area contributed by atoms with Crippen molar-refractivity contribution in [3.63, 3.8) is 0 Å². The minimum absolute atomic E-state index is 0.0807. The summed E-state index contributed by atoms with van der Waals surface area (Å²) in [6.07, 6.45) is 0.652. The molecule has 1 unspecified atom stereocenters. The molecule has 0 saturated heterocycles. The second kappa shape index (κ2) is 7.98. The van der Waals surface area contributed by atoms with Crippen LogP contribution in [0.15, 0.2) is 21.5 Å². The smallest absolute Gasteiger partial charge is 0.241 e. The molecule has 120 valence electrons. The predicted octanol–water partition coefficient (Wildman–Crippen LogP) is 1.91. The highest BCUT2D eigenvalue weighted by molar-refractivity contribution is 9.10. The van der Waals surface area contributed by atoms with Crippen molar-refractivity contribution in [2.45, 2.75) is 30.8 Å². The Morgan fingerprint density at radius 3 is 2.38 bits per heavy atom. The van der Waals surface area contributed by atoms with Gasteiger partial charge in [-0.25, -0.2) is 13.1 Å². The molecule has 0 bridgehead atoms. The summed E-state index contributed by atoms with van der Waals surface area (Å²) in [7, 11) is -0.739. The highest BCUT2D eigenvalue weighted by atomic mass is 79.9. The topological polar surface area (TPSA) is 84.9 Å². The summed E-state index contributed by atoms with van der Waals surface area (Å²) in [6.45, 7) is 1.92. The maximum Gasteiger partial charge on any atom is 0.241 e. The third-order valence-corrected chi connectivity index (χ3v) is 5.24. The van der Waals surface area contributed by atoms with Gasteiger partial charge in [0.25, 0.3) is 0 Å². The number of hydrogen-bond acceptors (Lipinski definition) is 5. The van der Waals surface area contributed by atoms with E-state index in [0.29, 0.717) is 28.8 Å². The summed E-state index contributed by atoms with van der Waals surface area (Å²) in [5.74, 6) is 0.780. The first-order valence-corrected chi connectivity index (χ1v) is 8.68. The molecule has 0 aromatic heterocycles. The van der Waals surface area contributed by atoms with Gasteiger partial charge >= 0.3 is 0 Å². The van der Waals surface area contributed by atoms with E-state index in [9.17, 15) is 8.42 Å². The van der Waals surface area contributed by atoms with E-state index in [1.54, 1.807) is 13.0 Å². The van der Waals surface area contributed by atoms with Gasteiger partial charge in [0.05, 0.1) is 20.3 Å². The van der Waals surface area contributed by atoms with E-state index in [2.05, 4.69) is 20.7 Å². The molecule has 8 heteroatoms. The van der Waals surface area contributed by atoms with Crippen LogP contribution in [0.3, 0.4) is 0 Å². The summed E-state index contributed by atoms with van der Waals surface area (Å²) in [5, 5.41) is 9.15. The van der Waals surface area contributed by atoms with E-state index >= 15 is 0 Å². The molecule has 1 aromatic rings. The van der Waals surface area contributed by atoms with E-state index in [4.69, 9.17) is 14.6 Å². The van der Waals surface area contributed by atoms with Crippen LogP contribution in [0.5, 0.6) is 11.5 Å². The fourth-order valence-corrected chi connectivity index (χ4v) is 3.83. The van der Waals surface area contributed by atoms with Crippen LogP contribution < -0.4 is 14.2 Å². The van der Waals surface area contributed by atoms with Crippen LogP contribution in [-0.2, 0) is 10.0 Å². The van der Waals surface area contributed by atoms with Crippen LogP contribution in [0.4, 0.5) is 0 Å². The maximum atomic E-state index is 12.3. The fourth-order valence-electron chi connectivity index (χ4n) is 1.72. The number of sulfonamides is 1. The third-order valence-electron chi connectivity index (χ3n) is 2.82. The Balaban J connectivity index is 2.92. The lowest BCUT2D eigenvalue weighted by Gasteiger charge is -2.13. The number of rotatable bonds is 8. The fraction of sp³-hybridized carbons (Fsp3) is 0.538. The molecule has 0 aliphatic heterocycles. The van der Waals surface area contributed by atoms with E-state index in [1.165, 1.54) is 20.3 Å². The highest BCUT2D eigenvalue weighted by Crippen LogP contribution is 2.35. The first-order valence-electron chi connectivity index (χ1n) is 6.41. The number of nitrogens with one attached hydrogen (secondary N) is 1. The monoisotopic (exact) mass is 381 g/mol. The number of methoxy groups -OCH3 is 2. The van der Waals surface area contributed by atoms with E-state index in [1.807, 2.05) is 0 Å². The van der Waals surface area contributed by atoms with Gasteiger partial charge in [-0.15, -0.1) is 0 Å². The largest absolute Gasteiger partial charge is 0.493 e. The highest BCUT2D eigenvalue weighted by Gasteiger charge is 2.20. The molecule has 0 fully saturated rings. The minimum atomic E-state index is -3.66. The SMILES string of the molecule is COc1cc(Br)c(S(=O)(=O)NCCCC(C)O)cc1OC. The Hall–Kier alpha value is -0.830. The molecule has 0 amide bonds. The molecule has 1 aromatic carbocycles. The van der Waals surface area contributed by atoms with Crippen LogP contribution in [0, 0.1) is 0 Å². The number of aliphatic hydroxyl groups excluding tert-OH is 1. The lowest BCUT2D eigenvalue weighted by atomic mass is 10.2. The average molecular weight is 382 g/mol. The van der Waals surface area contributed by atoms with Crippen LogP contribution in [0.2, 0.25) is 0 Å². The number of aliphatic hydroxyl groups is 1. The Kier molecular flexibility index (Phi) is 6.92. The average Bonchev–Trinajstić information content (AvgIpc) is 2.42. The second-order valence-electron chi connectivity index (χ2n) is 4.53. The summed E-state index contributed by atoms with van der Waals surface area (Å²) in [6, 6.07) is 2.95. The van der Waals surface area contributed by atoms with Crippen LogP contribution >= 0.6 is 15.9 Å². The zero-order valence-corrected chi connectivity index (χ0v) is 14.6. The Morgan fingerprint density at radius 2 is 1.86 bits per heavy atom. The summed E-state index contributed by atoms with van der Waals surface area (Å²) in [5.41, 5.74) is 0. The van der Waals surface area contributed by atoms with Gasteiger partial charge in [-0.2, -0.15) is 0 Å². The van der Waals surface area contributed by atoms with Crippen molar-refractivity contribution in [2.24, 2.45) is 0 Å². The molecule has 6 nitrogen and oxygen atoms in total. The summed E-state index contributed by atoms with van der Waals surface area (Å²) < 4.78 is 37.6. The maximum absolute atomic E-state index is 12.3. The molecule has 0 aliphatic rings. The van der Waals surface area contributed by atoms with Gasteiger partial charge in [-0.1, -0.05) is 0 Å². The summed E-state index contributed by atoms with van der Waals surface area (Å²) in [4.78, 5) is 0.0807. The van der Waals surface area contributed by atoms with Gasteiger partial charge in [-0.05, 0) is 41.8 Å². The Morgan fingerprint density at radius 1 is 1.29 bits per heavy atom. The minimum Gasteiger partial charge on any atom is -0.493 e. The summed E-state index contributed by atoms with van der Waals surface area (Å²) >= 11 is 3.22. The number of benzene rings is 1. The van der Waals surface area contributed by atoms with Crippen LogP contribution in [-0.4, -0.2) is 40.4 Å². The van der Waals surface area contributed by atoms with Crippen molar-refractivity contribution in [1.29, 1.82) is 0 Å². The van der Waals surface area contributed by atoms with Crippen molar-refractivity contribution >= 4 is 26.0 Å². The van der Waals surface area contributed by atoms with E-state index < -0.39 is 16.1 Å². The zero-order chi connectivity index (χ0) is 16.0. The molecule has 0 radical (unpaired) electrons. The molecule has 1 atom stereocenters. The number of hydrogen-bond donors (Lipinski definition) is 2. The zero-order valence-electron chi connectivity index (χ0n) is 12.2. The van der Waals surface area contributed by atoms with Gasteiger partial charge in [0, 0.05) is 17.1 Å². The van der Waals surface area contributed by atoms with Gasteiger partial charge in [0.15, 0.2) is 11.5 Å². The first kappa shape index (κ1) is 18.2. The molecule has 0 heterocycles. The molecule has 0 spiro atoms. The first-order chi connectivity index (χ1) is 9.81.